The van der Waals surface area contributed by atoms with E-state index in [0.29, 0.717) is 5.69 Å². The van der Waals surface area contributed by atoms with Crippen molar-refractivity contribution < 1.29 is 13.2 Å². The molecule has 1 aromatic carbocycles. The van der Waals surface area contributed by atoms with E-state index in [1.165, 1.54) is 11.9 Å². The van der Waals surface area contributed by atoms with Crippen molar-refractivity contribution in [2.24, 2.45) is 0 Å². The topological polar surface area (TPSA) is 54.8 Å². The molecule has 0 amide bonds. The molecule has 9 heteroatoms. The second-order valence-electron chi connectivity index (χ2n) is 6.37. The molecule has 0 aliphatic rings. The molecule has 2 aromatic heterocycles. The summed E-state index contributed by atoms with van der Waals surface area (Å²) in [5.74, 6) is 0.119. The van der Waals surface area contributed by atoms with E-state index in [1.54, 1.807) is 6.33 Å². The molecule has 0 saturated heterocycles. The standard InChI is InChI=1S/C19H20F3N5S/c1-12(2)27-10-17(25-11-27)15-9-14(28-23-3)4-5-16(15)26-18-8-13(6-7-24-18)19(20,21)22/h4-12,23H,1-3H3,(H,24,26). The van der Waals surface area contributed by atoms with Crippen LogP contribution in [-0.4, -0.2) is 21.6 Å². The third-order valence-corrected chi connectivity index (χ3v) is 4.73. The van der Waals surface area contributed by atoms with Crippen molar-refractivity contribution in [3.8, 4) is 11.3 Å². The van der Waals surface area contributed by atoms with Gasteiger partial charge in [0.1, 0.15) is 5.82 Å². The summed E-state index contributed by atoms with van der Waals surface area (Å²) >= 11 is 1.44. The molecule has 0 aliphatic heterocycles. The van der Waals surface area contributed by atoms with Crippen molar-refractivity contribution in [3.05, 3.63) is 54.6 Å². The molecule has 28 heavy (non-hydrogen) atoms. The van der Waals surface area contributed by atoms with Gasteiger partial charge >= 0.3 is 6.18 Å². The maximum Gasteiger partial charge on any atom is 0.416 e. The normalized spacial score (nSPS) is 11.8. The molecule has 0 fully saturated rings. The molecule has 0 radical (unpaired) electrons. The summed E-state index contributed by atoms with van der Waals surface area (Å²) in [6, 6.07) is 7.81. The molecule has 5 nitrogen and oxygen atoms in total. The van der Waals surface area contributed by atoms with Crippen LogP contribution in [-0.2, 0) is 6.18 Å². The number of nitrogens with one attached hydrogen (secondary N) is 2. The van der Waals surface area contributed by atoms with Gasteiger partial charge in [0, 0.05) is 34.6 Å². The minimum absolute atomic E-state index is 0.119. The third-order valence-electron chi connectivity index (χ3n) is 4.03. The Labute approximate surface area is 165 Å². The number of anilines is 2. The van der Waals surface area contributed by atoms with Gasteiger partial charge in [-0.25, -0.2) is 9.97 Å². The fourth-order valence-corrected chi connectivity index (χ4v) is 3.15. The molecule has 0 unspecified atom stereocenters. The fraction of sp³-hybridized carbons (Fsp3) is 0.263. The van der Waals surface area contributed by atoms with Gasteiger partial charge in [-0.1, -0.05) is 0 Å². The van der Waals surface area contributed by atoms with E-state index in [4.69, 9.17) is 0 Å². The van der Waals surface area contributed by atoms with E-state index in [9.17, 15) is 13.2 Å². The van der Waals surface area contributed by atoms with Gasteiger partial charge in [-0.3, -0.25) is 4.72 Å². The van der Waals surface area contributed by atoms with Gasteiger partial charge < -0.3 is 9.88 Å². The van der Waals surface area contributed by atoms with Crippen LogP contribution in [0.4, 0.5) is 24.7 Å². The van der Waals surface area contributed by atoms with Crippen molar-refractivity contribution >= 4 is 23.5 Å². The molecule has 0 atom stereocenters. The van der Waals surface area contributed by atoms with Crippen LogP contribution in [0.1, 0.15) is 25.5 Å². The van der Waals surface area contributed by atoms with Crippen molar-refractivity contribution in [2.75, 3.05) is 12.4 Å². The third kappa shape index (κ3) is 4.66. The lowest BCUT2D eigenvalue weighted by atomic mass is 10.1. The highest BCUT2D eigenvalue weighted by Crippen LogP contribution is 2.34. The van der Waals surface area contributed by atoms with Crippen LogP contribution in [0.2, 0.25) is 0 Å². The van der Waals surface area contributed by atoms with Crippen molar-refractivity contribution in [2.45, 2.75) is 31.0 Å². The highest BCUT2D eigenvalue weighted by atomic mass is 32.2. The maximum absolute atomic E-state index is 13.0. The van der Waals surface area contributed by atoms with Crippen LogP contribution in [0.3, 0.4) is 0 Å². The fourth-order valence-electron chi connectivity index (χ4n) is 2.60. The first kappa shape index (κ1) is 20.2. The molecule has 0 aliphatic carbocycles. The summed E-state index contributed by atoms with van der Waals surface area (Å²) in [5, 5.41) is 3.00. The average Bonchev–Trinajstić information content (AvgIpc) is 3.13. The predicted octanol–water partition coefficient (Wildman–Crippen LogP) is 5.51. The van der Waals surface area contributed by atoms with Gasteiger partial charge in [0.05, 0.1) is 17.6 Å². The lowest BCUT2D eigenvalue weighted by Crippen LogP contribution is -2.06. The van der Waals surface area contributed by atoms with E-state index in [1.807, 2.05) is 49.9 Å². The number of benzene rings is 1. The Bertz CT molecular complexity index is 953. The van der Waals surface area contributed by atoms with Crippen LogP contribution in [0.25, 0.3) is 11.3 Å². The van der Waals surface area contributed by atoms with E-state index >= 15 is 0 Å². The van der Waals surface area contributed by atoms with Gasteiger partial charge in [0.25, 0.3) is 0 Å². The number of halogens is 3. The first-order valence-electron chi connectivity index (χ1n) is 8.59. The number of alkyl halides is 3. The molecule has 3 rings (SSSR count). The molecule has 0 spiro atoms. The van der Waals surface area contributed by atoms with Gasteiger partial charge in [0.15, 0.2) is 0 Å². The Hall–Kier alpha value is -2.52. The summed E-state index contributed by atoms with van der Waals surface area (Å²) in [6.45, 7) is 4.09. The maximum atomic E-state index is 13.0. The molecule has 3 aromatic rings. The Morgan fingerprint density at radius 3 is 2.54 bits per heavy atom. The Morgan fingerprint density at radius 1 is 1.11 bits per heavy atom. The van der Waals surface area contributed by atoms with E-state index in [0.717, 1.165) is 34.5 Å². The molecule has 148 valence electrons. The zero-order valence-electron chi connectivity index (χ0n) is 15.6. The number of hydrogen-bond donors (Lipinski definition) is 2. The zero-order valence-corrected chi connectivity index (χ0v) is 16.4. The minimum Gasteiger partial charge on any atom is -0.340 e. The largest absolute Gasteiger partial charge is 0.416 e. The van der Waals surface area contributed by atoms with Crippen LogP contribution < -0.4 is 10.0 Å². The quantitative estimate of drug-likeness (QED) is 0.528. The molecular formula is C19H20F3N5S. The van der Waals surface area contributed by atoms with Gasteiger partial charge in [-0.2, -0.15) is 13.2 Å². The lowest BCUT2D eigenvalue weighted by Gasteiger charge is -2.13. The molecular weight excluding hydrogens is 387 g/mol. The highest BCUT2D eigenvalue weighted by molar-refractivity contribution is 7.97. The molecule has 2 heterocycles. The summed E-state index contributed by atoms with van der Waals surface area (Å²) in [7, 11) is 1.82. The first-order valence-corrected chi connectivity index (χ1v) is 9.41. The molecule has 0 bridgehead atoms. The number of rotatable bonds is 6. The van der Waals surface area contributed by atoms with Crippen molar-refractivity contribution in [1.82, 2.24) is 19.3 Å². The second-order valence-corrected chi connectivity index (χ2v) is 7.45. The number of nitrogens with zero attached hydrogens (tertiary/aromatic N) is 3. The van der Waals surface area contributed by atoms with Crippen molar-refractivity contribution in [1.29, 1.82) is 0 Å². The Morgan fingerprint density at radius 2 is 1.89 bits per heavy atom. The smallest absolute Gasteiger partial charge is 0.340 e. The summed E-state index contributed by atoms with van der Waals surface area (Å²) < 4.78 is 44.0. The summed E-state index contributed by atoms with van der Waals surface area (Å²) in [6.07, 6.45) is 0.373. The van der Waals surface area contributed by atoms with Gasteiger partial charge in [-0.05, 0) is 63.2 Å². The van der Waals surface area contributed by atoms with Crippen LogP contribution >= 0.6 is 11.9 Å². The predicted molar refractivity (Wildman–Crippen MR) is 105 cm³/mol. The Kier molecular flexibility index (Phi) is 5.95. The molecule has 0 saturated carbocycles. The van der Waals surface area contributed by atoms with Crippen LogP contribution in [0, 0.1) is 0 Å². The number of hydrogen-bond acceptors (Lipinski definition) is 5. The van der Waals surface area contributed by atoms with E-state index in [2.05, 4.69) is 20.0 Å². The van der Waals surface area contributed by atoms with Gasteiger partial charge in [-0.15, -0.1) is 0 Å². The summed E-state index contributed by atoms with van der Waals surface area (Å²) in [5.41, 5.74) is 1.37. The van der Waals surface area contributed by atoms with Crippen LogP contribution in [0.15, 0.2) is 53.9 Å². The lowest BCUT2D eigenvalue weighted by molar-refractivity contribution is -0.137. The molecule has 2 N–H and O–H groups in total. The number of aromatic nitrogens is 3. The van der Waals surface area contributed by atoms with E-state index < -0.39 is 11.7 Å². The zero-order chi connectivity index (χ0) is 20.3. The number of imidazole rings is 1. The van der Waals surface area contributed by atoms with Gasteiger partial charge in [0.2, 0.25) is 0 Å². The second kappa shape index (κ2) is 8.24. The van der Waals surface area contributed by atoms with Crippen molar-refractivity contribution in [3.63, 3.8) is 0 Å². The summed E-state index contributed by atoms with van der Waals surface area (Å²) in [4.78, 5) is 9.44. The van der Waals surface area contributed by atoms with Crippen LogP contribution in [0.5, 0.6) is 0 Å². The highest BCUT2D eigenvalue weighted by Gasteiger charge is 2.30. The SMILES string of the molecule is CNSc1ccc(Nc2cc(C(F)(F)F)ccn2)c(-c2cn(C(C)C)cn2)c1. The Balaban J connectivity index is 2.00. The first-order chi connectivity index (χ1) is 13.3. The number of pyridine rings is 1. The monoisotopic (exact) mass is 407 g/mol. The average molecular weight is 407 g/mol. The van der Waals surface area contributed by atoms with E-state index in [-0.39, 0.29) is 11.9 Å². The minimum atomic E-state index is -4.43.